The van der Waals surface area contributed by atoms with Crippen molar-refractivity contribution in [3.05, 3.63) is 23.8 Å². The minimum Gasteiger partial charge on any atom is -0.481 e. The van der Waals surface area contributed by atoms with Crippen LogP contribution in [0.25, 0.3) is 0 Å². The van der Waals surface area contributed by atoms with Gasteiger partial charge < -0.3 is 24.8 Å². The number of hydrogen-bond acceptors (Lipinski definition) is 4. The fourth-order valence-electron chi connectivity index (χ4n) is 2.91. The van der Waals surface area contributed by atoms with Crippen LogP contribution in [0.5, 0.6) is 11.5 Å². The Morgan fingerprint density at radius 2 is 2.13 bits per heavy atom. The second-order valence-corrected chi connectivity index (χ2v) is 5.91. The number of urea groups is 1. The minimum absolute atomic E-state index is 0.206. The van der Waals surface area contributed by atoms with Crippen LogP contribution in [0.3, 0.4) is 0 Å². The lowest BCUT2D eigenvalue weighted by Crippen LogP contribution is -2.47. The summed E-state index contributed by atoms with van der Waals surface area (Å²) in [6, 6.07) is 5.11. The van der Waals surface area contributed by atoms with E-state index in [1.54, 1.807) is 4.90 Å². The number of piperidine rings is 1. The third-order valence-corrected chi connectivity index (χ3v) is 4.29. The van der Waals surface area contributed by atoms with Gasteiger partial charge in [-0.1, -0.05) is 6.07 Å². The van der Waals surface area contributed by atoms with E-state index in [0.717, 1.165) is 5.56 Å². The predicted molar refractivity (Wildman–Crippen MR) is 81.4 cm³/mol. The molecule has 2 atom stereocenters. The molecule has 2 amide bonds. The van der Waals surface area contributed by atoms with Gasteiger partial charge in [-0.3, -0.25) is 4.79 Å². The summed E-state index contributed by atoms with van der Waals surface area (Å²) in [5.74, 6) is 0.0572. The van der Waals surface area contributed by atoms with Gasteiger partial charge in [-0.2, -0.15) is 0 Å². The average Bonchev–Trinajstić information content (AvgIpc) is 3.02. The first-order valence-electron chi connectivity index (χ1n) is 7.72. The van der Waals surface area contributed by atoms with Gasteiger partial charge in [0.05, 0.1) is 12.0 Å². The highest BCUT2D eigenvalue weighted by molar-refractivity contribution is 5.77. The van der Waals surface area contributed by atoms with Crippen LogP contribution >= 0.6 is 0 Å². The van der Waals surface area contributed by atoms with E-state index < -0.39 is 11.9 Å². The lowest BCUT2D eigenvalue weighted by Gasteiger charge is -2.31. The van der Waals surface area contributed by atoms with Gasteiger partial charge >= 0.3 is 12.0 Å². The fourth-order valence-corrected chi connectivity index (χ4v) is 2.91. The molecule has 2 aliphatic rings. The van der Waals surface area contributed by atoms with Crippen molar-refractivity contribution in [3.63, 3.8) is 0 Å². The summed E-state index contributed by atoms with van der Waals surface area (Å²) in [4.78, 5) is 25.0. The van der Waals surface area contributed by atoms with E-state index in [2.05, 4.69) is 5.32 Å². The van der Waals surface area contributed by atoms with Crippen molar-refractivity contribution in [2.75, 3.05) is 19.9 Å². The van der Waals surface area contributed by atoms with E-state index in [-0.39, 0.29) is 25.4 Å². The first-order chi connectivity index (χ1) is 11.0. The van der Waals surface area contributed by atoms with Crippen molar-refractivity contribution >= 4 is 12.0 Å². The molecule has 1 aromatic rings. The van der Waals surface area contributed by atoms with Crippen LogP contribution in [0.4, 0.5) is 4.79 Å². The minimum atomic E-state index is -0.841. The van der Waals surface area contributed by atoms with Gasteiger partial charge in [0.2, 0.25) is 6.79 Å². The van der Waals surface area contributed by atoms with Crippen LogP contribution in [-0.4, -0.2) is 41.9 Å². The summed E-state index contributed by atoms with van der Waals surface area (Å²) in [6.07, 6.45) is 1.33. The summed E-state index contributed by atoms with van der Waals surface area (Å²) >= 11 is 0. The number of benzene rings is 1. The number of carbonyl (C=O) groups is 2. The number of rotatable bonds is 3. The molecule has 0 saturated carbocycles. The number of amides is 2. The van der Waals surface area contributed by atoms with Gasteiger partial charge in [0.25, 0.3) is 0 Å². The average molecular weight is 320 g/mol. The Kier molecular flexibility index (Phi) is 4.27. The molecule has 1 fully saturated rings. The van der Waals surface area contributed by atoms with Crippen molar-refractivity contribution in [3.8, 4) is 11.5 Å². The second-order valence-electron chi connectivity index (χ2n) is 5.91. The van der Waals surface area contributed by atoms with Crippen LogP contribution in [0, 0.1) is 5.92 Å². The molecule has 0 bridgehead atoms. The van der Waals surface area contributed by atoms with Crippen molar-refractivity contribution in [1.82, 2.24) is 10.2 Å². The molecule has 2 aliphatic heterocycles. The van der Waals surface area contributed by atoms with E-state index in [1.165, 1.54) is 0 Å². The number of carbonyl (C=O) groups excluding carboxylic acids is 1. The Labute approximate surface area is 134 Å². The molecule has 7 heteroatoms. The molecule has 3 rings (SSSR count). The highest BCUT2D eigenvalue weighted by Crippen LogP contribution is 2.34. The van der Waals surface area contributed by atoms with E-state index in [4.69, 9.17) is 14.6 Å². The molecule has 2 N–H and O–H groups in total. The highest BCUT2D eigenvalue weighted by Gasteiger charge is 2.28. The van der Waals surface area contributed by atoms with Gasteiger partial charge in [0, 0.05) is 13.1 Å². The van der Waals surface area contributed by atoms with Crippen LogP contribution in [0.2, 0.25) is 0 Å². The normalized spacial score (nSPS) is 20.9. The zero-order valence-electron chi connectivity index (χ0n) is 12.9. The van der Waals surface area contributed by atoms with Gasteiger partial charge in [0.15, 0.2) is 11.5 Å². The molecule has 7 nitrogen and oxygen atoms in total. The summed E-state index contributed by atoms with van der Waals surface area (Å²) in [5, 5.41) is 12.0. The van der Waals surface area contributed by atoms with Crippen LogP contribution in [0.15, 0.2) is 18.2 Å². The van der Waals surface area contributed by atoms with Gasteiger partial charge in [-0.15, -0.1) is 0 Å². The summed E-state index contributed by atoms with van der Waals surface area (Å²) in [7, 11) is 0. The Morgan fingerprint density at radius 3 is 2.91 bits per heavy atom. The molecule has 0 spiro atoms. The Morgan fingerprint density at radius 1 is 1.35 bits per heavy atom. The first kappa shape index (κ1) is 15.5. The SMILES string of the molecule is CC(NC(=O)N1CCCC(C(=O)O)C1)c1ccc2c(c1)OCO2. The summed E-state index contributed by atoms with van der Waals surface area (Å²) in [6.45, 7) is 2.94. The molecule has 0 aliphatic carbocycles. The Bertz CT molecular complexity index is 618. The number of likely N-dealkylation sites (tertiary alicyclic amines) is 1. The van der Waals surface area contributed by atoms with Gasteiger partial charge in [0.1, 0.15) is 0 Å². The van der Waals surface area contributed by atoms with E-state index in [9.17, 15) is 9.59 Å². The number of carboxylic acid groups (broad SMARTS) is 1. The molecule has 1 aromatic carbocycles. The largest absolute Gasteiger partial charge is 0.481 e. The van der Waals surface area contributed by atoms with Gasteiger partial charge in [-0.25, -0.2) is 4.79 Å². The van der Waals surface area contributed by atoms with Crippen molar-refractivity contribution in [1.29, 1.82) is 0 Å². The smallest absolute Gasteiger partial charge is 0.317 e. The van der Waals surface area contributed by atoms with Gasteiger partial charge in [-0.05, 0) is 37.5 Å². The third-order valence-electron chi connectivity index (χ3n) is 4.29. The zero-order chi connectivity index (χ0) is 16.4. The fraction of sp³-hybridized carbons (Fsp3) is 0.500. The molecule has 1 saturated heterocycles. The van der Waals surface area contributed by atoms with E-state index in [0.29, 0.717) is 30.9 Å². The molecule has 0 radical (unpaired) electrons. The zero-order valence-corrected chi connectivity index (χ0v) is 12.9. The summed E-state index contributed by atoms with van der Waals surface area (Å²) in [5.41, 5.74) is 0.911. The lowest BCUT2D eigenvalue weighted by atomic mass is 9.98. The highest BCUT2D eigenvalue weighted by atomic mass is 16.7. The van der Waals surface area contributed by atoms with Crippen molar-refractivity contribution in [2.24, 2.45) is 5.92 Å². The monoisotopic (exact) mass is 320 g/mol. The number of ether oxygens (including phenoxy) is 2. The number of nitrogens with zero attached hydrogens (tertiary/aromatic N) is 1. The van der Waals surface area contributed by atoms with Crippen LogP contribution in [0.1, 0.15) is 31.4 Å². The maximum absolute atomic E-state index is 12.3. The molecular formula is C16H20N2O5. The topological polar surface area (TPSA) is 88.1 Å². The maximum Gasteiger partial charge on any atom is 0.317 e. The maximum atomic E-state index is 12.3. The Hall–Kier alpha value is -2.44. The molecule has 2 heterocycles. The lowest BCUT2D eigenvalue weighted by molar-refractivity contribution is -0.143. The number of fused-ring (bicyclic) bond motifs is 1. The first-order valence-corrected chi connectivity index (χ1v) is 7.72. The number of aliphatic carboxylic acids is 1. The summed E-state index contributed by atoms with van der Waals surface area (Å²) < 4.78 is 10.6. The molecular weight excluding hydrogens is 300 g/mol. The molecule has 2 unspecified atom stereocenters. The van der Waals surface area contributed by atoms with Crippen LogP contribution < -0.4 is 14.8 Å². The Balaban J connectivity index is 1.62. The van der Waals surface area contributed by atoms with Crippen LogP contribution in [-0.2, 0) is 4.79 Å². The van der Waals surface area contributed by atoms with Crippen molar-refractivity contribution in [2.45, 2.75) is 25.8 Å². The number of nitrogens with one attached hydrogen (secondary N) is 1. The van der Waals surface area contributed by atoms with Crippen molar-refractivity contribution < 1.29 is 24.2 Å². The predicted octanol–water partition coefficient (Wildman–Crippen LogP) is 1.98. The number of hydrogen-bond donors (Lipinski definition) is 2. The molecule has 23 heavy (non-hydrogen) atoms. The third kappa shape index (κ3) is 3.33. The van der Waals surface area contributed by atoms with E-state index in [1.807, 2.05) is 25.1 Å². The van der Waals surface area contributed by atoms with E-state index >= 15 is 0 Å². The molecule has 124 valence electrons. The second kappa shape index (κ2) is 6.36. The molecule has 0 aromatic heterocycles. The number of carboxylic acids is 1. The standard InChI is InChI=1S/C16H20N2O5/c1-10(11-4-5-13-14(7-11)23-9-22-13)17-16(21)18-6-2-3-12(8-18)15(19)20/h4-5,7,10,12H,2-3,6,8-9H2,1H3,(H,17,21)(H,19,20). The quantitative estimate of drug-likeness (QED) is 0.889.